The van der Waals surface area contributed by atoms with E-state index in [4.69, 9.17) is 4.42 Å². The lowest BCUT2D eigenvalue weighted by Crippen LogP contribution is -2.20. The first-order chi connectivity index (χ1) is 9.20. The van der Waals surface area contributed by atoms with Crippen molar-refractivity contribution in [2.24, 2.45) is 0 Å². The van der Waals surface area contributed by atoms with Gasteiger partial charge in [0.25, 0.3) is 0 Å². The molecule has 0 saturated carbocycles. The molecule has 2 aromatic rings. The average molecular weight is 387 g/mol. The Morgan fingerprint density at radius 2 is 1.95 bits per heavy atom. The molecule has 1 heterocycles. The van der Waals surface area contributed by atoms with Gasteiger partial charge in [-0.25, -0.2) is 0 Å². The SMILES string of the molecule is CCCC(NCc1cc(Br)c(Br)o1)c1ccccc1. The van der Waals surface area contributed by atoms with Crippen LogP contribution >= 0.6 is 31.9 Å². The normalized spacial score (nSPS) is 12.6. The summed E-state index contributed by atoms with van der Waals surface area (Å²) in [7, 11) is 0. The molecule has 0 radical (unpaired) electrons. The zero-order valence-corrected chi connectivity index (χ0v) is 14.0. The van der Waals surface area contributed by atoms with Crippen LogP contribution in [0.3, 0.4) is 0 Å². The standard InChI is InChI=1S/C15H17Br2NO/c1-2-6-14(11-7-4-3-5-8-11)18-10-12-9-13(16)15(17)19-12/h3-5,7-9,14,18H,2,6,10H2,1H3. The van der Waals surface area contributed by atoms with Crippen molar-refractivity contribution in [1.29, 1.82) is 0 Å². The lowest BCUT2D eigenvalue weighted by atomic mass is 10.0. The van der Waals surface area contributed by atoms with Crippen LogP contribution in [0.25, 0.3) is 0 Å². The van der Waals surface area contributed by atoms with E-state index < -0.39 is 0 Å². The highest BCUT2D eigenvalue weighted by Crippen LogP contribution is 2.27. The fourth-order valence-electron chi connectivity index (χ4n) is 2.06. The third kappa shape index (κ3) is 4.20. The van der Waals surface area contributed by atoms with Crippen LogP contribution in [0.15, 0.2) is 50.0 Å². The summed E-state index contributed by atoms with van der Waals surface area (Å²) >= 11 is 6.79. The topological polar surface area (TPSA) is 25.2 Å². The molecule has 1 aromatic carbocycles. The molecule has 102 valence electrons. The van der Waals surface area contributed by atoms with E-state index in [2.05, 4.69) is 68.4 Å². The maximum atomic E-state index is 5.59. The molecule has 0 amide bonds. The highest BCUT2D eigenvalue weighted by molar-refractivity contribution is 9.13. The van der Waals surface area contributed by atoms with Crippen LogP contribution in [-0.4, -0.2) is 0 Å². The van der Waals surface area contributed by atoms with Crippen LogP contribution in [0.4, 0.5) is 0 Å². The third-order valence-corrected chi connectivity index (χ3v) is 4.71. The fraction of sp³-hybridized carbons (Fsp3) is 0.333. The van der Waals surface area contributed by atoms with E-state index in [9.17, 15) is 0 Å². The lowest BCUT2D eigenvalue weighted by molar-refractivity contribution is 0.424. The summed E-state index contributed by atoms with van der Waals surface area (Å²) in [6.07, 6.45) is 2.27. The first kappa shape index (κ1) is 14.8. The van der Waals surface area contributed by atoms with Gasteiger partial charge in [0.1, 0.15) is 5.76 Å². The van der Waals surface area contributed by atoms with Crippen molar-refractivity contribution < 1.29 is 4.42 Å². The second-order valence-electron chi connectivity index (χ2n) is 4.47. The number of hydrogen-bond donors (Lipinski definition) is 1. The molecule has 0 aliphatic carbocycles. The van der Waals surface area contributed by atoms with Crippen LogP contribution in [-0.2, 0) is 6.54 Å². The van der Waals surface area contributed by atoms with Crippen LogP contribution < -0.4 is 5.32 Å². The van der Waals surface area contributed by atoms with E-state index in [0.717, 1.165) is 34.3 Å². The molecule has 0 spiro atoms. The highest BCUT2D eigenvalue weighted by Gasteiger charge is 2.12. The summed E-state index contributed by atoms with van der Waals surface area (Å²) in [4.78, 5) is 0. The summed E-state index contributed by atoms with van der Waals surface area (Å²) in [6.45, 7) is 2.93. The Morgan fingerprint density at radius 1 is 1.21 bits per heavy atom. The minimum absolute atomic E-state index is 0.369. The summed E-state index contributed by atoms with van der Waals surface area (Å²) in [6, 6.07) is 12.9. The van der Waals surface area contributed by atoms with Crippen molar-refractivity contribution in [1.82, 2.24) is 5.32 Å². The predicted molar refractivity (Wildman–Crippen MR) is 85.0 cm³/mol. The van der Waals surface area contributed by atoms with Gasteiger partial charge < -0.3 is 9.73 Å². The number of furan rings is 1. The van der Waals surface area contributed by atoms with Crippen LogP contribution in [0.2, 0.25) is 0 Å². The Hall–Kier alpha value is -0.580. The average Bonchev–Trinajstić information content (AvgIpc) is 2.75. The molecule has 0 saturated heterocycles. The molecule has 1 N–H and O–H groups in total. The third-order valence-electron chi connectivity index (χ3n) is 3.00. The zero-order chi connectivity index (χ0) is 13.7. The maximum Gasteiger partial charge on any atom is 0.183 e. The van der Waals surface area contributed by atoms with E-state index in [1.54, 1.807) is 0 Å². The van der Waals surface area contributed by atoms with Crippen LogP contribution in [0.1, 0.15) is 37.1 Å². The first-order valence-corrected chi connectivity index (χ1v) is 8.01. The van der Waals surface area contributed by atoms with Crippen molar-refractivity contribution in [3.63, 3.8) is 0 Å². The van der Waals surface area contributed by atoms with Crippen molar-refractivity contribution in [2.75, 3.05) is 0 Å². The molecule has 0 aliphatic rings. The minimum atomic E-state index is 0.369. The molecule has 4 heteroatoms. The van der Waals surface area contributed by atoms with Gasteiger partial charge in [-0.1, -0.05) is 43.7 Å². The summed E-state index contributed by atoms with van der Waals surface area (Å²) in [5, 5.41) is 3.56. The summed E-state index contributed by atoms with van der Waals surface area (Å²) in [5.41, 5.74) is 1.33. The molecule has 1 unspecified atom stereocenters. The molecule has 2 nitrogen and oxygen atoms in total. The number of hydrogen-bond acceptors (Lipinski definition) is 2. The quantitative estimate of drug-likeness (QED) is 0.715. The summed E-state index contributed by atoms with van der Waals surface area (Å²) < 4.78 is 7.29. The lowest BCUT2D eigenvalue weighted by Gasteiger charge is -2.17. The van der Waals surface area contributed by atoms with Gasteiger partial charge >= 0.3 is 0 Å². The van der Waals surface area contributed by atoms with Crippen LogP contribution in [0.5, 0.6) is 0 Å². The van der Waals surface area contributed by atoms with E-state index in [0.29, 0.717) is 6.04 Å². The largest absolute Gasteiger partial charge is 0.452 e. The zero-order valence-electron chi connectivity index (χ0n) is 10.8. The summed E-state index contributed by atoms with van der Waals surface area (Å²) in [5.74, 6) is 0.927. The Kier molecular flexibility index (Phi) is 5.67. The number of halogens is 2. The molecular weight excluding hydrogens is 370 g/mol. The number of rotatable bonds is 6. The molecule has 1 aromatic heterocycles. The second kappa shape index (κ2) is 7.27. The number of nitrogens with one attached hydrogen (secondary N) is 1. The van der Waals surface area contributed by atoms with E-state index in [1.165, 1.54) is 5.56 Å². The highest BCUT2D eigenvalue weighted by atomic mass is 79.9. The van der Waals surface area contributed by atoms with Gasteiger partial charge in [0.2, 0.25) is 0 Å². The van der Waals surface area contributed by atoms with E-state index in [-0.39, 0.29) is 0 Å². The molecule has 19 heavy (non-hydrogen) atoms. The molecule has 1 atom stereocenters. The molecule has 0 bridgehead atoms. The molecular formula is C15H17Br2NO. The van der Waals surface area contributed by atoms with Gasteiger partial charge in [0, 0.05) is 6.04 Å². The van der Waals surface area contributed by atoms with Gasteiger partial charge in [0.15, 0.2) is 4.67 Å². The van der Waals surface area contributed by atoms with Crippen molar-refractivity contribution in [2.45, 2.75) is 32.4 Å². The van der Waals surface area contributed by atoms with Crippen molar-refractivity contribution in [3.05, 3.63) is 56.9 Å². The molecule has 2 rings (SSSR count). The Bertz CT molecular complexity index is 491. The Balaban J connectivity index is 2.01. The van der Waals surface area contributed by atoms with Crippen molar-refractivity contribution >= 4 is 31.9 Å². The van der Waals surface area contributed by atoms with E-state index in [1.807, 2.05) is 12.1 Å². The van der Waals surface area contributed by atoms with E-state index >= 15 is 0 Å². The second-order valence-corrected chi connectivity index (χ2v) is 6.04. The fourth-order valence-corrected chi connectivity index (χ4v) is 2.72. The van der Waals surface area contributed by atoms with Crippen molar-refractivity contribution in [3.8, 4) is 0 Å². The van der Waals surface area contributed by atoms with Gasteiger partial charge in [-0.15, -0.1) is 0 Å². The minimum Gasteiger partial charge on any atom is -0.452 e. The Morgan fingerprint density at radius 3 is 2.53 bits per heavy atom. The molecule has 0 aliphatic heterocycles. The maximum absolute atomic E-state index is 5.59. The van der Waals surface area contributed by atoms with Crippen LogP contribution in [0, 0.1) is 0 Å². The monoisotopic (exact) mass is 385 g/mol. The smallest absolute Gasteiger partial charge is 0.183 e. The Labute approximate surface area is 130 Å². The first-order valence-electron chi connectivity index (χ1n) is 6.42. The van der Waals surface area contributed by atoms with Gasteiger partial charge in [0.05, 0.1) is 11.0 Å². The number of benzene rings is 1. The molecule has 0 fully saturated rings. The van der Waals surface area contributed by atoms with Gasteiger partial charge in [-0.05, 0) is 49.9 Å². The van der Waals surface area contributed by atoms with Gasteiger partial charge in [-0.2, -0.15) is 0 Å². The van der Waals surface area contributed by atoms with Gasteiger partial charge in [-0.3, -0.25) is 0 Å². The predicted octanol–water partition coefficient (Wildman–Crippen LogP) is 5.44.